The zero-order valence-corrected chi connectivity index (χ0v) is 15.7. The summed E-state index contributed by atoms with van der Waals surface area (Å²) in [7, 11) is 2.02. The minimum Gasteiger partial charge on any atom is -0.483 e. The number of aldehydes is 1. The lowest BCUT2D eigenvalue weighted by Gasteiger charge is -2.19. The molecule has 0 atom stereocenters. The summed E-state index contributed by atoms with van der Waals surface area (Å²) in [5.41, 5.74) is 1.56. The average Bonchev–Trinajstić information content (AvgIpc) is 2.64. The quantitative estimate of drug-likeness (QED) is 0.514. The molecule has 0 aromatic heterocycles. The van der Waals surface area contributed by atoms with Gasteiger partial charge in [0.2, 0.25) is 0 Å². The molecule has 0 aliphatic rings. The summed E-state index contributed by atoms with van der Waals surface area (Å²) in [6.07, 6.45) is 1.53. The van der Waals surface area contributed by atoms with Gasteiger partial charge in [-0.05, 0) is 36.8 Å². The number of benzene rings is 2. The van der Waals surface area contributed by atoms with Crippen molar-refractivity contribution in [3.63, 3.8) is 0 Å². The van der Waals surface area contributed by atoms with Gasteiger partial charge in [-0.2, -0.15) is 0 Å². The summed E-state index contributed by atoms with van der Waals surface area (Å²) in [6.45, 7) is 1.30. The van der Waals surface area contributed by atoms with Crippen molar-refractivity contribution in [2.24, 2.45) is 0 Å². The third-order valence-electron chi connectivity index (χ3n) is 3.65. The number of hydrogen-bond donors (Lipinski definition) is 1. The van der Waals surface area contributed by atoms with Gasteiger partial charge in [0.25, 0.3) is 5.91 Å². The number of carbonyl (C=O) groups excluding carboxylic acids is 2. The molecule has 1 amide bonds. The first kappa shape index (κ1) is 19.0. The molecule has 0 unspecified atom stereocenters. The van der Waals surface area contributed by atoms with Crippen molar-refractivity contribution in [2.45, 2.75) is 6.42 Å². The Morgan fingerprint density at radius 2 is 2.00 bits per heavy atom. The Labute approximate surface area is 156 Å². The van der Waals surface area contributed by atoms with E-state index in [4.69, 9.17) is 4.74 Å². The van der Waals surface area contributed by atoms with E-state index in [1.807, 2.05) is 25.2 Å². The molecule has 2 rings (SSSR count). The minimum atomic E-state index is -0.206. The van der Waals surface area contributed by atoms with Gasteiger partial charge in [-0.1, -0.05) is 34.1 Å². The van der Waals surface area contributed by atoms with Crippen LogP contribution in [0, 0.1) is 0 Å². The molecule has 0 radical (unpaired) electrons. The van der Waals surface area contributed by atoms with Gasteiger partial charge >= 0.3 is 0 Å². The van der Waals surface area contributed by atoms with Crippen LogP contribution in [-0.4, -0.2) is 38.9 Å². The number of ether oxygens (including phenoxy) is 1. The molecule has 1 N–H and O–H groups in total. The van der Waals surface area contributed by atoms with E-state index in [2.05, 4.69) is 38.3 Å². The van der Waals surface area contributed by atoms with E-state index in [-0.39, 0.29) is 12.5 Å². The van der Waals surface area contributed by atoms with Crippen molar-refractivity contribution in [3.8, 4) is 5.75 Å². The molecule has 0 saturated heterocycles. The van der Waals surface area contributed by atoms with E-state index in [1.54, 1.807) is 18.2 Å². The topological polar surface area (TPSA) is 58.6 Å². The van der Waals surface area contributed by atoms with Gasteiger partial charge in [0.1, 0.15) is 5.75 Å². The lowest BCUT2D eigenvalue weighted by molar-refractivity contribution is -0.123. The Morgan fingerprint density at radius 1 is 1.24 bits per heavy atom. The van der Waals surface area contributed by atoms with Crippen molar-refractivity contribution in [2.75, 3.05) is 31.6 Å². The lowest BCUT2D eigenvalue weighted by atomic mass is 10.2. The van der Waals surface area contributed by atoms with Gasteiger partial charge in [0.15, 0.2) is 12.9 Å². The number of rotatable bonds is 9. The minimum absolute atomic E-state index is 0.114. The summed E-state index contributed by atoms with van der Waals surface area (Å²) in [5, 5.41) is 2.82. The average molecular weight is 405 g/mol. The van der Waals surface area contributed by atoms with Crippen LogP contribution in [0.3, 0.4) is 0 Å². The number of nitrogens with one attached hydrogen (secondary N) is 1. The Bertz CT molecular complexity index is 707. The Morgan fingerprint density at radius 3 is 2.72 bits per heavy atom. The van der Waals surface area contributed by atoms with Gasteiger partial charge < -0.3 is 15.0 Å². The molecule has 5 nitrogen and oxygen atoms in total. The molecule has 6 heteroatoms. The largest absolute Gasteiger partial charge is 0.483 e. The summed E-state index contributed by atoms with van der Waals surface area (Å²) < 4.78 is 6.20. The third kappa shape index (κ3) is 6.23. The number of carbonyl (C=O) groups is 2. The van der Waals surface area contributed by atoms with Crippen molar-refractivity contribution in [3.05, 3.63) is 58.6 Å². The Kier molecular flexibility index (Phi) is 7.47. The molecule has 0 saturated carbocycles. The second kappa shape index (κ2) is 9.84. The molecule has 0 heterocycles. The van der Waals surface area contributed by atoms with E-state index in [0.29, 0.717) is 24.1 Å². The summed E-state index contributed by atoms with van der Waals surface area (Å²) in [6, 6.07) is 15.2. The first-order chi connectivity index (χ1) is 12.1. The smallest absolute Gasteiger partial charge is 0.257 e. The fourth-order valence-corrected chi connectivity index (χ4v) is 2.67. The number of hydrogen-bond acceptors (Lipinski definition) is 4. The lowest BCUT2D eigenvalue weighted by Crippen LogP contribution is -2.31. The van der Waals surface area contributed by atoms with Crippen LogP contribution in [0.25, 0.3) is 0 Å². The van der Waals surface area contributed by atoms with Crippen molar-refractivity contribution in [1.29, 1.82) is 0 Å². The molecule has 0 spiro atoms. The molecule has 0 aliphatic heterocycles. The zero-order chi connectivity index (χ0) is 18.1. The number of anilines is 1. The highest BCUT2D eigenvalue weighted by molar-refractivity contribution is 9.10. The summed E-state index contributed by atoms with van der Waals surface area (Å²) in [5.74, 6) is 0.194. The summed E-state index contributed by atoms with van der Waals surface area (Å²) in [4.78, 5) is 25.0. The third-order valence-corrected chi connectivity index (χ3v) is 4.14. The van der Waals surface area contributed by atoms with Crippen LogP contribution in [0.2, 0.25) is 0 Å². The van der Waals surface area contributed by atoms with Gasteiger partial charge in [-0.25, -0.2) is 0 Å². The first-order valence-electron chi connectivity index (χ1n) is 8.00. The Hall–Kier alpha value is -2.34. The van der Waals surface area contributed by atoms with Crippen LogP contribution in [0.15, 0.2) is 53.0 Å². The van der Waals surface area contributed by atoms with Crippen LogP contribution in [0.4, 0.5) is 5.69 Å². The van der Waals surface area contributed by atoms with E-state index in [1.165, 1.54) is 0 Å². The van der Waals surface area contributed by atoms with Gasteiger partial charge in [-0.15, -0.1) is 0 Å². The highest BCUT2D eigenvalue weighted by Crippen LogP contribution is 2.21. The van der Waals surface area contributed by atoms with Gasteiger partial charge in [0.05, 0.1) is 5.56 Å². The van der Waals surface area contributed by atoms with Crippen LogP contribution in [0.5, 0.6) is 5.75 Å². The van der Waals surface area contributed by atoms with Gasteiger partial charge in [0, 0.05) is 30.3 Å². The van der Waals surface area contributed by atoms with E-state index < -0.39 is 0 Å². The molecule has 0 fully saturated rings. The fraction of sp³-hybridized carbons (Fsp3) is 0.263. The monoisotopic (exact) mass is 404 g/mol. The maximum absolute atomic E-state index is 11.9. The number of halogens is 1. The number of nitrogens with zero attached hydrogens (tertiary/aromatic N) is 1. The molecule has 0 aliphatic carbocycles. The van der Waals surface area contributed by atoms with E-state index in [0.717, 1.165) is 23.1 Å². The van der Waals surface area contributed by atoms with Crippen LogP contribution >= 0.6 is 15.9 Å². The standard InChI is InChI=1S/C19H21BrN2O3/c1-22(17-6-3-2-4-7-17)11-5-10-21-19(24)14-25-18-9-8-16(20)12-15(18)13-23/h2-4,6-9,12-13H,5,10-11,14H2,1H3,(H,21,24). The zero-order valence-electron chi connectivity index (χ0n) is 14.1. The van der Waals surface area contributed by atoms with Crippen molar-refractivity contribution >= 4 is 33.8 Å². The predicted molar refractivity (Wildman–Crippen MR) is 102 cm³/mol. The van der Waals surface area contributed by atoms with Crippen LogP contribution in [0.1, 0.15) is 16.8 Å². The summed E-state index contributed by atoms with van der Waals surface area (Å²) >= 11 is 3.29. The predicted octanol–water partition coefficient (Wildman–Crippen LogP) is 3.28. The molecule has 25 heavy (non-hydrogen) atoms. The molecular weight excluding hydrogens is 384 g/mol. The molecule has 2 aromatic carbocycles. The maximum Gasteiger partial charge on any atom is 0.257 e. The fourth-order valence-electron chi connectivity index (χ4n) is 2.29. The molecule has 132 valence electrons. The van der Waals surface area contributed by atoms with E-state index >= 15 is 0 Å². The normalized spacial score (nSPS) is 10.2. The molecular formula is C19H21BrN2O3. The highest BCUT2D eigenvalue weighted by atomic mass is 79.9. The maximum atomic E-state index is 11.9. The second-order valence-electron chi connectivity index (χ2n) is 5.55. The van der Waals surface area contributed by atoms with Crippen LogP contribution < -0.4 is 15.0 Å². The number of para-hydroxylation sites is 1. The van der Waals surface area contributed by atoms with Crippen molar-refractivity contribution < 1.29 is 14.3 Å². The first-order valence-corrected chi connectivity index (χ1v) is 8.80. The van der Waals surface area contributed by atoms with E-state index in [9.17, 15) is 9.59 Å². The molecule has 2 aromatic rings. The van der Waals surface area contributed by atoms with Crippen LogP contribution in [-0.2, 0) is 4.79 Å². The van der Waals surface area contributed by atoms with Crippen molar-refractivity contribution in [1.82, 2.24) is 5.32 Å². The van der Waals surface area contributed by atoms with Gasteiger partial charge in [-0.3, -0.25) is 9.59 Å². The SMILES string of the molecule is CN(CCCNC(=O)COc1ccc(Br)cc1C=O)c1ccccc1. The molecule has 0 bridgehead atoms. The second-order valence-corrected chi connectivity index (χ2v) is 6.46. The highest BCUT2D eigenvalue weighted by Gasteiger charge is 2.07. The Balaban J connectivity index is 1.68. The number of amides is 1.